The van der Waals surface area contributed by atoms with Crippen LogP contribution in [0.15, 0.2) is 36.4 Å². The van der Waals surface area contributed by atoms with Crippen LogP contribution >= 0.6 is 12.4 Å². The van der Waals surface area contributed by atoms with Gasteiger partial charge in [-0.2, -0.15) is 26.3 Å². The molecule has 1 N–H and O–H groups in total. The lowest BCUT2D eigenvalue weighted by molar-refractivity contribution is -0.143. The van der Waals surface area contributed by atoms with E-state index >= 15 is 0 Å². The number of nitrogens with zero attached hydrogens (tertiary/aromatic N) is 2. The van der Waals surface area contributed by atoms with Gasteiger partial charge in [-0.05, 0) is 73.8 Å². The van der Waals surface area contributed by atoms with E-state index in [9.17, 15) is 35.5 Å². The molecule has 1 fully saturated rings. The lowest BCUT2D eigenvalue weighted by Gasteiger charge is -2.42. The van der Waals surface area contributed by atoms with Crippen molar-refractivity contribution < 1.29 is 35.5 Å². The molecular weight excluding hydrogens is 515 g/mol. The first-order chi connectivity index (χ1) is 16.2. The fraction of sp³-hybridized carbons (Fsp3) is 0.458. The van der Waals surface area contributed by atoms with E-state index in [4.69, 9.17) is 0 Å². The van der Waals surface area contributed by atoms with Gasteiger partial charge in [-0.25, -0.2) is 9.18 Å². The molecule has 1 heterocycles. The van der Waals surface area contributed by atoms with Gasteiger partial charge in [0, 0.05) is 26.2 Å². The van der Waals surface area contributed by atoms with E-state index in [2.05, 4.69) is 5.32 Å². The number of carbonyl (C=O) groups excluding carboxylic acids is 1. The minimum Gasteiger partial charge on any atom is -0.323 e. The molecule has 0 aromatic heterocycles. The molecule has 1 aliphatic heterocycles. The van der Waals surface area contributed by atoms with Gasteiger partial charge in [0.15, 0.2) is 0 Å². The predicted octanol–water partition coefficient (Wildman–Crippen LogP) is 6.57. The van der Waals surface area contributed by atoms with E-state index in [1.165, 1.54) is 24.1 Å². The van der Waals surface area contributed by atoms with Crippen LogP contribution in [0.5, 0.6) is 0 Å². The number of piperidine rings is 1. The third-order valence-corrected chi connectivity index (χ3v) is 6.24. The number of carbonyl (C=O) groups is 1. The molecule has 0 saturated carbocycles. The normalized spacial score (nSPS) is 18.6. The maximum Gasteiger partial charge on any atom is 0.416 e. The summed E-state index contributed by atoms with van der Waals surface area (Å²) in [5.74, 6) is -0.424. The SMILES string of the molecule is CNC1CCN(C(=O)N(C)Cc2cc(C(F)(F)F)cc(C(F)(F)F)c2)C(c2ccc(F)cc2C)C1.Cl. The summed E-state index contributed by atoms with van der Waals surface area (Å²) in [5.41, 5.74) is -1.79. The van der Waals surface area contributed by atoms with Gasteiger partial charge >= 0.3 is 18.4 Å². The molecule has 3 rings (SSSR count). The zero-order valence-corrected chi connectivity index (χ0v) is 20.6. The van der Waals surface area contributed by atoms with Crippen LogP contribution in [0.3, 0.4) is 0 Å². The number of halogens is 8. The van der Waals surface area contributed by atoms with Gasteiger partial charge in [0.05, 0.1) is 17.2 Å². The van der Waals surface area contributed by atoms with Gasteiger partial charge in [0.2, 0.25) is 0 Å². The van der Waals surface area contributed by atoms with Crippen molar-refractivity contribution in [2.75, 3.05) is 20.6 Å². The average Bonchev–Trinajstić information content (AvgIpc) is 2.77. The second kappa shape index (κ2) is 11.2. The smallest absolute Gasteiger partial charge is 0.323 e. The van der Waals surface area contributed by atoms with Crippen molar-refractivity contribution in [2.45, 2.75) is 50.7 Å². The van der Waals surface area contributed by atoms with Crippen molar-refractivity contribution in [3.8, 4) is 0 Å². The predicted molar refractivity (Wildman–Crippen MR) is 123 cm³/mol. The van der Waals surface area contributed by atoms with Crippen LogP contribution in [0.25, 0.3) is 0 Å². The maximum atomic E-state index is 13.7. The van der Waals surface area contributed by atoms with Gasteiger partial charge in [0.1, 0.15) is 5.82 Å². The van der Waals surface area contributed by atoms with Gasteiger partial charge in [-0.1, -0.05) is 6.07 Å². The molecule has 36 heavy (non-hydrogen) atoms. The Morgan fingerprint density at radius 2 is 1.64 bits per heavy atom. The second-order valence-corrected chi connectivity index (χ2v) is 8.77. The van der Waals surface area contributed by atoms with Crippen LogP contribution in [0.1, 0.15) is 46.7 Å². The summed E-state index contributed by atoms with van der Waals surface area (Å²) in [6.07, 6.45) is -8.82. The topological polar surface area (TPSA) is 35.6 Å². The quantitative estimate of drug-likeness (QED) is 0.444. The third-order valence-electron chi connectivity index (χ3n) is 6.24. The minimum atomic E-state index is -4.97. The first kappa shape index (κ1) is 29.7. The molecule has 200 valence electrons. The largest absolute Gasteiger partial charge is 0.416 e. The monoisotopic (exact) mass is 541 g/mol. The van der Waals surface area contributed by atoms with Gasteiger partial charge < -0.3 is 15.1 Å². The summed E-state index contributed by atoms with van der Waals surface area (Å²) in [6, 6.07) is 4.63. The second-order valence-electron chi connectivity index (χ2n) is 8.77. The fourth-order valence-corrected chi connectivity index (χ4v) is 4.44. The van der Waals surface area contributed by atoms with E-state index in [1.807, 2.05) is 0 Å². The lowest BCUT2D eigenvalue weighted by Crippen LogP contribution is -2.50. The van der Waals surface area contributed by atoms with E-state index in [-0.39, 0.29) is 30.1 Å². The summed E-state index contributed by atoms with van der Waals surface area (Å²) in [5, 5.41) is 3.16. The molecule has 2 aromatic carbocycles. The number of rotatable bonds is 4. The van der Waals surface area contributed by atoms with Gasteiger partial charge in [-0.15, -0.1) is 12.4 Å². The minimum absolute atomic E-state index is 0. The molecule has 4 nitrogen and oxygen atoms in total. The summed E-state index contributed by atoms with van der Waals surface area (Å²) < 4.78 is 92.9. The van der Waals surface area contributed by atoms with Crippen molar-refractivity contribution >= 4 is 18.4 Å². The summed E-state index contributed by atoms with van der Waals surface area (Å²) in [7, 11) is 3.11. The van der Waals surface area contributed by atoms with Crippen LogP contribution in [0, 0.1) is 12.7 Å². The highest BCUT2D eigenvalue weighted by atomic mass is 35.5. The standard InChI is InChI=1S/C24H26F7N3O.ClH/c1-14-8-18(25)4-5-20(14)21-12-19(32-2)6-7-34(21)22(35)33(3)13-15-9-16(23(26,27)28)11-17(10-15)24(29,30)31;/h4-5,8-11,19,21,32H,6-7,12-13H2,1-3H3;1H. The summed E-state index contributed by atoms with van der Waals surface area (Å²) in [6.45, 7) is 1.58. The molecule has 1 saturated heterocycles. The maximum absolute atomic E-state index is 13.7. The van der Waals surface area contributed by atoms with Gasteiger partial charge in [0.25, 0.3) is 0 Å². The number of amides is 2. The highest BCUT2D eigenvalue weighted by molar-refractivity contribution is 5.85. The van der Waals surface area contributed by atoms with E-state index in [0.717, 1.165) is 10.5 Å². The van der Waals surface area contributed by atoms with Crippen molar-refractivity contribution in [1.29, 1.82) is 0 Å². The van der Waals surface area contributed by atoms with Crippen LogP contribution in [0.2, 0.25) is 0 Å². The molecule has 2 aromatic rings. The Hall–Kier alpha value is -2.53. The van der Waals surface area contributed by atoms with Crippen molar-refractivity contribution in [3.05, 3.63) is 70.0 Å². The highest BCUT2D eigenvalue weighted by Crippen LogP contribution is 2.37. The first-order valence-corrected chi connectivity index (χ1v) is 10.9. The number of likely N-dealkylation sites (tertiary alicyclic amines) is 1. The Balaban J connectivity index is 0.00000456. The molecule has 0 radical (unpaired) electrons. The lowest BCUT2D eigenvalue weighted by atomic mass is 9.89. The van der Waals surface area contributed by atoms with Crippen LogP contribution < -0.4 is 5.32 Å². The van der Waals surface area contributed by atoms with Crippen molar-refractivity contribution in [3.63, 3.8) is 0 Å². The zero-order chi connectivity index (χ0) is 26.1. The van der Waals surface area contributed by atoms with Crippen LogP contribution in [-0.2, 0) is 18.9 Å². The summed E-state index contributed by atoms with van der Waals surface area (Å²) in [4.78, 5) is 16.0. The Morgan fingerprint density at radius 1 is 1.06 bits per heavy atom. The third kappa shape index (κ3) is 6.82. The fourth-order valence-electron chi connectivity index (χ4n) is 4.44. The van der Waals surface area contributed by atoms with Crippen molar-refractivity contribution in [1.82, 2.24) is 15.1 Å². The number of nitrogens with one attached hydrogen (secondary N) is 1. The Morgan fingerprint density at radius 3 is 2.14 bits per heavy atom. The van der Waals surface area contributed by atoms with Crippen LogP contribution in [0.4, 0.5) is 35.5 Å². The highest BCUT2D eigenvalue weighted by Gasteiger charge is 2.38. The number of benzene rings is 2. The van der Waals surface area contributed by atoms with Crippen LogP contribution in [-0.4, -0.2) is 42.5 Å². The molecule has 2 unspecified atom stereocenters. The molecule has 0 spiro atoms. The molecular formula is C24H27ClF7N3O. The number of hydrogen-bond acceptors (Lipinski definition) is 2. The van der Waals surface area contributed by atoms with Gasteiger partial charge in [-0.3, -0.25) is 0 Å². The molecule has 12 heteroatoms. The number of alkyl halides is 6. The number of hydrogen-bond donors (Lipinski definition) is 1. The van der Waals surface area contributed by atoms with E-state index < -0.39 is 47.9 Å². The molecule has 2 amide bonds. The number of aryl methyl sites for hydroxylation is 1. The first-order valence-electron chi connectivity index (χ1n) is 10.9. The zero-order valence-electron chi connectivity index (χ0n) is 19.8. The summed E-state index contributed by atoms with van der Waals surface area (Å²) >= 11 is 0. The molecule has 0 bridgehead atoms. The van der Waals surface area contributed by atoms with E-state index in [0.29, 0.717) is 37.1 Å². The van der Waals surface area contributed by atoms with E-state index in [1.54, 1.807) is 20.0 Å². The Labute approximate surface area is 210 Å². The average molecular weight is 542 g/mol. The molecule has 1 aliphatic rings. The van der Waals surface area contributed by atoms with Crippen molar-refractivity contribution in [2.24, 2.45) is 0 Å². The molecule has 2 atom stereocenters. The molecule has 0 aliphatic carbocycles. The number of urea groups is 1. The Kier molecular flexibility index (Phi) is 9.28. The Bertz CT molecular complexity index is 1040.